The van der Waals surface area contributed by atoms with Gasteiger partial charge in [-0.15, -0.1) is 0 Å². The summed E-state index contributed by atoms with van der Waals surface area (Å²) >= 11 is 0. The number of anilines is 1. The number of benzene rings is 1. The van der Waals surface area contributed by atoms with Gasteiger partial charge in [-0.1, -0.05) is 34.6 Å². The van der Waals surface area contributed by atoms with Crippen LogP contribution in [0.25, 0.3) is 10.9 Å². The van der Waals surface area contributed by atoms with Crippen LogP contribution in [0, 0.1) is 16.7 Å². The van der Waals surface area contributed by atoms with Crippen LogP contribution in [-0.4, -0.2) is 39.5 Å². The molecular weight excluding hydrogens is 378 g/mol. The Morgan fingerprint density at radius 1 is 1.23 bits per heavy atom. The summed E-state index contributed by atoms with van der Waals surface area (Å²) in [5, 5.41) is 14.0. The predicted octanol–water partition coefficient (Wildman–Crippen LogP) is 4.79. The predicted molar refractivity (Wildman–Crippen MR) is 118 cm³/mol. The number of nitrogens with one attached hydrogen (secondary N) is 2. The highest BCUT2D eigenvalue weighted by atomic mass is 16.4. The Bertz CT molecular complexity index is 993. The summed E-state index contributed by atoms with van der Waals surface area (Å²) in [6.07, 6.45) is 5.02. The number of amides is 1. The first-order valence-corrected chi connectivity index (χ1v) is 10.9. The maximum Gasteiger partial charge on any atom is 0.325 e. The summed E-state index contributed by atoms with van der Waals surface area (Å²) in [7, 11) is 0. The largest absolute Gasteiger partial charge is 0.480 e. The van der Waals surface area contributed by atoms with E-state index in [-0.39, 0.29) is 28.7 Å². The lowest BCUT2D eigenvalue weighted by Crippen LogP contribution is -2.39. The molecule has 0 radical (unpaired) electrons. The Balaban J connectivity index is 1.72. The van der Waals surface area contributed by atoms with E-state index in [0.717, 1.165) is 42.3 Å². The Morgan fingerprint density at radius 3 is 2.63 bits per heavy atom. The molecule has 4 rings (SSSR count). The van der Waals surface area contributed by atoms with Gasteiger partial charge in [0.25, 0.3) is 0 Å². The Morgan fingerprint density at radius 2 is 1.97 bits per heavy atom. The van der Waals surface area contributed by atoms with E-state index in [4.69, 9.17) is 0 Å². The average Bonchev–Trinajstić information content (AvgIpc) is 3.12. The van der Waals surface area contributed by atoms with Gasteiger partial charge in [-0.2, -0.15) is 0 Å². The van der Waals surface area contributed by atoms with Crippen molar-refractivity contribution >= 4 is 28.5 Å². The molecule has 2 aliphatic rings. The summed E-state index contributed by atoms with van der Waals surface area (Å²) in [6, 6.07) is 5.22. The monoisotopic (exact) mass is 411 g/mol. The number of H-pyrrole nitrogens is 1. The van der Waals surface area contributed by atoms with Crippen LogP contribution in [0.4, 0.5) is 5.69 Å². The molecular formula is C24H33N3O3. The second-order valence-electron chi connectivity index (χ2n) is 10.8. The molecule has 1 aliphatic heterocycles. The van der Waals surface area contributed by atoms with Crippen LogP contribution in [-0.2, 0) is 9.59 Å². The number of aliphatic carboxylic acids is 1. The van der Waals surface area contributed by atoms with Gasteiger partial charge in [-0.3, -0.25) is 14.5 Å². The van der Waals surface area contributed by atoms with E-state index >= 15 is 0 Å². The third-order valence-corrected chi connectivity index (χ3v) is 6.82. The van der Waals surface area contributed by atoms with E-state index in [1.807, 2.05) is 38.2 Å². The van der Waals surface area contributed by atoms with Gasteiger partial charge in [-0.05, 0) is 48.3 Å². The topological polar surface area (TPSA) is 85.4 Å². The quantitative estimate of drug-likeness (QED) is 0.660. The Hall–Kier alpha value is -2.34. The fraction of sp³-hybridized carbons (Fsp3) is 0.583. The number of carbonyl (C=O) groups excluding carboxylic acids is 1. The number of likely N-dealkylation sites (tertiary alicyclic amines) is 1. The number of fused-ring (bicyclic) bond motifs is 3. The Kier molecular flexibility index (Phi) is 4.96. The molecule has 1 amide bonds. The molecule has 162 valence electrons. The van der Waals surface area contributed by atoms with E-state index in [1.165, 1.54) is 0 Å². The van der Waals surface area contributed by atoms with Crippen LogP contribution >= 0.6 is 0 Å². The minimum atomic E-state index is -0.818. The van der Waals surface area contributed by atoms with Crippen LogP contribution in [0.2, 0.25) is 0 Å². The molecule has 2 bridgehead atoms. The fourth-order valence-corrected chi connectivity index (χ4v) is 5.99. The normalized spacial score (nSPS) is 26.8. The van der Waals surface area contributed by atoms with Gasteiger partial charge < -0.3 is 15.4 Å². The summed E-state index contributed by atoms with van der Waals surface area (Å²) in [4.78, 5) is 30.1. The van der Waals surface area contributed by atoms with Gasteiger partial charge in [0.15, 0.2) is 0 Å². The minimum Gasteiger partial charge on any atom is -0.480 e. The van der Waals surface area contributed by atoms with Crippen LogP contribution in [0.15, 0.2) is 24.4 Å². The first-order valence-electron chi connectivity index (χ1n) is 10.9. The van der Waals surface area contributed by atoms with Gasteiger partial charge in [-0.25, -0.2) is 0 Å². The summed E-state index contributed by atoms with van der Waals surface area (Å²) in [5.41, 5.74) is 2.73. The molecule has 1 aliphatic carbocycles. The molecule has 2 aromatic rings. The van der Waals surface area contributed by atoms with Crippen molar-refractivity contribution in [2.75, 3.05) is 11.9 Å². The molecule has 6 nitrogen and oxygen atoms in total. The van der Waals surface area contributed by atoms with E-state index in [9.17, 15) is 14.7 Å². The van der Waals surface area contributed by atoms with Gasteiger partial charge in [0.2, 0.25) is 5.91 Å². The zero-order valence-electron chi connectivity index (χ0n) is 18.6. The van der Waals surface area contributed by atoms with Crippen molar-refractivity contribution in [1.82, 2.24) is 9.88 Å². The highest BCUT2D eigenvalue weighted by Gasteiger charge is 2.52. The van der Waals surface area contributed by atoms with Gasteiger partial charge in [0, 0.05) is 46.9 Å². The van der Waals surface area contributed by atoms with Crippen LogP contribution in [0.3, 0.4) is 0 Å². The zero-order chi connectivity index (χ0) is 21.8. The van der Waals surface area contributed by atoms with Gasteiger partial charge >= 0.3 is 5.97 Å². The third-order valence-electron chi connectivity index (χ3n) is 6.82. The molecule has 1 aromatic heterocycles. The van der Waals surface area contributed by atoms with Crippen molar-refractivity contribution < 1.29 is 14.7 Å². The number of hydrogen-bond donors (Lipinski definition) is 3. The first-order chi connectivity index (χ1) is 14.0. The summed E-state index contributed by atoms with van der Waals surface area (Å²) in [5.74, 6) is -0.989. The number of hydrogen-bond acceptors (Lipinski definition) is 3. The minimum absolute atomic E-state index is 0.0512. The van der Waals surface area contributed by atoms with Crippen molar-refractivity contribution in [3.05, 3.63) is 30.0 Å². The lowest BCUT2D eigenvalue weighted by molar-refractivity contribution is -0.144. The van der Waals surface area contributed by atoms with Gasteiger partial charge in [0.1, 0.15) is 6.04 Å². The van der Waals surface area contributed by atoms with E-state index in [1.54, 1.807) is 0 Å². The van der Waals surface area contributed by atoms with Crippen molar-refractivity contribution in [3.8, 4) is 0 Å². The molecule has 1 saturated heterocycles. The molecule has 2 heterocycles. The summed E-state index contributed by atoms with van der Waals surface area (Å²) in [6.45, 7) is 11.4. The van der Waals surface area contributed by atoms with Crippen LogP contribution < -0.4 is 5.32 Å². The maximum atomic E-state index is 12.5. The molecule has 1 aromatic carbocycles. The second kappa shape index (κ2) is 7.12. The van der Waals surface area contributed by atoms with Crippen molar-refractivity contribution in [1.29, 1.82) is 0 Å². The van der Waals surface area contributed by atoms with E-state index in [0.29, 0.717) is 5.69 Å². The molecule has 30 heavy (non-hydrogen) atoms. The second-order valence-corrected chi connectivity index (χ2v) is 10.8. The molecule has 3 unspecified atom stereocenters. The fourth-order valence-electron chi connectivity index (χ4n) is 5.99. The van der Waals surface area contributed by atoms with Crippen LogP contribution in [0.5, 0.6) is 0 Å². The first kappa shape index (κ1) is 20.9. The maximum absolute atomic E-state index is 12.5. The lowest BCUT2D eigenvalue weighted by Gasteiger charge is -2.40. The van der Waals surface area contributed by atoms with E-state index < -0.39 is 12.0 Å². The number of rotatable bonds is 5. The molecule has 1 saturated carbocycles. The number of nitrogens with zero attached hydrogens (tertiary/aromatic N) is 1. The van der Waals surface area contributed by atoms with Crippen LogP contribution in [0.1, 0.15) is 65.5 Å². The standard InChI is InChI=1S/C24H33N3O3/c1-14(2)21(28)26-15-6-7-19-17(8-15)18(11-25-19)20(22(29)30)27-13-24(5)10-16(27)9-23(3,4)12-24/h6-8,11,14,16,20,25H,9-10,12-13H2,1-5H3,(H,26,28)(H,29,30). The lowest BCUT2D eigenvalue weighted by atomic mass is 9.65. The molecule has 3 N–H and O–H groups in total. The Labute approximate surface area is 178 Å². The van der Waals surface area contributed by atoms with Gasteiger partial charge in [0.05, 0.1) is 0 Å². The summed E-state index contributed by atoms with van der Waals surface area (Å²) < 4.78 is 0. The molecule has 2 fully saturated rings. The molecule has 0 spiro atoms. The highest BCUT2D eigenvalue weighted by Crippen LogP contribution is 2.54. The molecule has 3 atom stereocenters. The number of carboxylic acids is 1. The average molecular weight is 412 g/mol. The number of aromatic nitrogens is 1. The van der Waals surface area contributed by atoms with Crippen molar-refractivity contribution in [2.45, 2.75) is 66.0 Å². The third kappa shape index (κ3) is 3.73. The molecule has 6 heteroatoms. The highest BCUT2D eigenvalue weighted by molar-refractivity contribution is 5.96. The smallest absolute Gasteiger partial charge is 0.325 e. The zero-order valence-corrected chi connectivity index (χ0v) is 18.6. The number of aromatic amines is 1. The number of carbonyl (C=O) groups is 2. The van der Waals surface area contributed by atoms with Crippen molar-refractivity contribution in [2.24, 2.45) is 16.7 Å². The SMILES string of the molecule is CC(C)C(=O)Nc1ccc2[nH]cc(C(C(=O)O)N3CC4(C)CC3CC(C)(C)C4)c2c1. The number of carboxylic acid groups (broad SMARTS) is 1. The van der Waals surface area contributed by atoms with E-state index in [2.05, 4.69) is 36.0 Å². The van der Waals surface area contributed by atoms with Crippen molar-refractivity contribution in [3.63, 3.8) is 0 Å².